The minimum Gasteiger partial charge on any atom is -0.363 e. The van der Waals surface area contributed by atoms with Crippen molar-refractivity contribution in [3.63, 3.8) is 0 Å². The number of halogens is 6. The fourth-order valence-electron chi connectivity index (χ4n) is 1.52. The van der Waals surface area contributed by atoms with E-state index in [1.54, 1.807) is 11.8 Å². The lowest BCUT2D eigenvalue weighted by Crippen LogP contribution is -2.29. The minimum absolute atomic E-state index is 0. The van der Waals surface area contributed by atoms with Crippen LogP contribution in [0.3, 0.4) is 0 Å². The topological polar surface area (TPSA) is 24.4 Å². The molecule has 0 saturated heterocycles. The highest BCUT2D eigenvalue weighted by Gasteiger charge is 2.18. The predicted octanol–water partition coefficient (Wildman–Crippen LogP) is 8.07. The molecule has 0 aliphatic carbocycles. The van der Waals surface area contributed by atoms with E-state index < -0.39 is 0 Å². The molecule has 0 bridgehead atoms. The van der Waals surface area contributed by atoms with Gasteiger partial charge in [0, 0.05) is 40.2 Å². The molecule has 23 heavy (non-hydrogen) atoms. The van der Waals surface area contributed by atoms with E-state index in [0.717, 1.165) is 33.3 Å². The van der Waals surface area contributed by atoms with Crippen LogP contribution in [0.4, 0.5) is 0 Å². The zero-order chi connectivity index (χ0) is 17.0. The number of thioether (sulfide) groups is 1. The van der Waals surface area contributed by atoms with Gasteiger partial charge in [0.1, 0.15) is 0 Å². The van der Waals surface area contributed by atoms with Crippen molar-refractivity contribution in [1.82, 2.24) is 5.32 Å². The Morgan fingerprint density at radius 2 is 1.35 bits per heavy atom. The molecule has 0 unspecified atom stereocenters. The molecular weight excluding hydrogens is 708 g/mol. The van der Waals surface area contributed by atoms with Crippen LogP contribution >= 0.6 is 108 Å². The zero-order valence-electron chi connectivity index (χ0n) is 13.0. The summed E-state index contributed by atoms with van der Waals surface area (Å²) in [4.78, 5) is 4.66. The summed E-state index contributed by atoms with van der Waals surface area (Å²) in [6.45, 7) is 8.41. The van der Waals surface area contributed by atoms with Crippen LogP contribution in [0.15, 0.2) is 27.4 Å². The first-order valence-corrected chi connectivity index (χ1v) is 11.6. The SMILES string of the molecule is Br.CC(C)N=C(NC(C)C)SCc1c(Br)c(Br)c(Br)c(Br)c1Br. The van der Waals surface area contributed by atoms with E-state index in [0.29, 0.717) is 6.04 Å². The highest BCUT2D eigenvalue weighted by atomic mass is 79.9. The number of amidine groups is 1. The fourth-order valence-corrected chi connectivity index (χ4v) is 6.47. The van der Waals surface area contributed by atoms with Crippen molar-refractivity contribution in [3.8, 4) is 0 Å². The Morgan fingerprint density at radius 1 is 0.913 bits per heavy atom. The molecular formula is C14H18Br6N2S. The maximum atomic E-state index is 4.66. The maximum Gasteiger partial charge on any atom is 0.157 e. The summed E-state index contributed by atoms with van der Waals surface area (Å²) in [5.41, 5.74) is 1.17. The summed E-state index contributed by atoms with van der Waals surface area (Å²) >= 11 is 19.8. The second kappa shape index (κ2) is 11.6. The Balaban J connectivity index is 0.00000484. The van der Waals surface area contributed by atoms with Crippen molar-refractivity contribution in [3.05, 3.63) is 27.9 Å². The highest BCUT2D eigenvalue weighted by Crippen LogP contribution is 2.45. The van der Waals surface area contributed by atoms with Gasteiger partial charge in [-0.3, -0.25) is 4.99 Å². The number of nitrogens with zero attached hydrogens (tertiary/aromatic N) is 1. The Bertz CT molecular complexity index is 546. The summed E-state index contributed by atoms with van der Waals surface area (Å²) in [6.07, 6.45) is 0. The van der Waals surface area contributed by atoms with Crippen molar-refractivity contribution < 1.29 is 0 Å². The van der Waals surface area contributed by atoms with Crippen molar-refractivity contribution in [2.45, 2.75) is 45.5 Å². The molecule has 0 fully saturated rings. The average Bonchev–Trinajstić information content (AvgIpc) is 2.41. The third kappa shape index (κ3) is 7.59. The second-order valence-electron chi connectivity index (χ2n) is 5.16. The maximum absolute atomic E-state index is 4.66. The van der Waals surface area contributed by atoms with Gasteiger partial charge in [0.25, 0.3) is 0 Å². The van der Waals surface area contributed by atoms with E-state index in [-0.39, 0.29) is 23.0 Å². The molecule has 0 heterocycles. The van der Waals surface area contributed by atoms with Crippen LogP contribution in [0.5, 0.6) is 0 Å². The number of hydrogen-bond acceptors (Lipinski definition) is 2. The lowest BCUT2D eigenvalue weighted by Gasteiger charge is -2.16. The lowest BCUT2D eigenvalue weighted by molar-refractivity contribution is 0.727. The smallest absolute Gasteiger partial charge is 0.157 e. The van der Waals surface area contributed by atoms with Gasteiger partial charge in [0.2, 0.25) is 0 Å². The average molecular weight is 726 g/mol. The van der Waals surface area contributed by atoms with Crippen LogP contribution in [-0.4, -0.2) is 17.3 Å². The summed E-state index contributed by atoms with van der Waals surface area (Å²) < 4.78 is 5.05. The number of nitrogens with one attached hydrogen (secondary N) is 1. The van der Waals surface area contributed by atoms with Crippen molar-refractivity contribution in [1.29, 1.82) is 0 Å². The summed E-state index contributed by atoms with van der Waals surface area (Å²) in [6, 6.07) is 0.629. The quantitative estimate of drug-likeness (QED) is 0.147. The number of rotatable bonds is 4. The summed E-state index contributed by atoms with van der Waals surface area (Å²) in [5, 5.41) is 4.38. The second-order valence-corrected chi connectivity index (χ2v) is 10.1. The molecule has 1 aromatic carbocycles. The third-order valence-electron chi connectivity index (χ3n) is 2.44. The van der Waals surface area contributed by atoms with E-state index in [2.05, 4.69) is 118 Å². The molecule has 0 aromatic heterocycles. The molecule has 0 spiro atoms. The monoisotopic (exact) mass is 720 g/mol. The molecule has 1 rings (SSSR count). The first-order chi connectivity index (χ1) is 10.1. The summed E-state index contributed by atoms with van der Waals surface area (Å²) in [7, 11) is 0. The van der Waals surface area contributed by atoms with Crippen LogP contribution < -0.4 is 5.32 Å². The van der Waals surface area contributed by atoms with E-state index in [9.17, 15) is 0 Å². The molecule has 0 radical (unpaired) electrons. The van der Waals surface area contributed by atoms with Gasteiger partial charge in [-0.2, -0.15) is 0 Å². The molecule has 1 N–H and O–H groups in total. The van der Waals surface area contributed by atoms with Gasteiger partial charge in [0.05, 0.1) is 0 Å². The van der Waals surface area contributed by atoms with Gasteiger partial charge < -0.3 is 5.32 Å². The fraction of sp³-hybridized carbons (Fsp3) is 0.500. The molecule has 0 atom stereocenters. The van der Waals surface area contributed by atoms with E-state index in [4.69, 9.17) is 0 Å². The molecule has 0 saturated carbocycles. The molecule has 1 aromatic rings. The van der Waals surface area contributed by atoms with Crippen molar-refractivity contribution in [2.24, 2.45) is 4.99 Å². The lowest BCUT2D eigenvalue weighted by atomic mass is 10.2. The normalized spacial score (nSPS) is 11.9. The largest absolute Gasteiger partial charge is 0.363 e. The molecule has 0 amide bonds. The van der Waals surface area contributed by atoms with Crippen LogP contribution in [0.2, 0.25) is 0 Å². The molecule has 9 heteroatoms. The van der Waals surface area contributed by atoms with Crippen LogP contribution in [0.25, 0.3) is 0 Å². The first kappa shape index (κ1) is 24.9. The molecule has 0 aliphatic heterocycles. The third-order valence-corrected chi connectivity index (χ3v) is 9.63. The number of hydrogen-bond donors (Lipinski definition) is 1. The number of benzene rings is 1. The van der Waals surface area contributed by atoms with E-state index in [1.807, 2.05) is 0 Å². The summed E-state index contributed by atoms with van der Waals surface area (Å²) in [5.74, 6) is 0.802. The van der Waals surface area contributed by atoms with Gasteiger partial charge in [-0.25, -0.2) is 0 Å². The minimum atomic E-state index is 0. The van der Waals surface area contributed by atoms with Gasteiger partial charge in [-0.1, -0.05) is 11.8 Å². The van der Waals surface area contributed by atoms with Gasteiger partial charge in [-0.05, 0) is 113 Å². The predicted molar refractivity (Wildman–Crippen MR) is 127 cm³/mol. The van der Waals surface area contributed by atoms with E-state index in [1.165, 1.54) is 5.56 Å². The van der Waals surface area contributed by atoms with Crippen molar-refractivity contribution >= 4 is 114 Å². The molecule has 0 aliphatic rings. The van der Waals surface area contributed by atoms with E-state index >= 15 is 0 Å². The van der Waals surface area contributed by atoms with Gasteiger partial charge in [0.15, 0.2) is 5.17 Å². The Morgan fingerprint density at radius 3 is 1.74 bits per heavy atom. The Labute approximate surface area is 195 Å². The standard InChI is InChI=1S/C14H17Br5N2S.BrH/c1-6(2)20-14(21-7(3)4)22-5-8-9(15)11(17)13(19)12(18)10(8)16;/h6-7H,5H2,1-4H3,(H,20,21);1H. The number of aliphatic imine (C=N–C) groups is 1. The Kier molecular flexibility index (Phi) is 12.6. The van der Waals surface area contributed by atoms with Crippen LogP contribution in [-0.2, 0) is 5.75 Å². The van der Waals surface area contributed by atoms with Gasteiger partial charge >= 0.3 is 0 Å². The van der Waals surface area contributed by atoms with Gasteiger partial charge in [-0.15, -0.1) is 17.0 Å². The van der Waals surface area contributed by atoms with Crippen molar-refractivity contribution in [2.75, 3.05) is 0 Å². The Hall–Kier alpha value is 1.92. The first-order valence-electron chi connectivity index (χ1n) is 6.62. The molecule has 2 nitrogen and oxygen atoms in total. The molecule has 132 valence electrons. The van der Waals surface area contributed by atoms with Crippen LogP contribution in [0, 0.1) is 0 Å². The highest BCUT2D eigenvalue weighted by molar-refractivity contribution is 9.15. The van der Waals surface area contributed by atoms with Crippen LogP contribution in [0.1, 0.15) is 33.3 Å². The zero-order valence-corrected chi connectivity index (χ0v) is 23.5.